The van der Waals surface area contributed by atoms with Gasteiger partial charge in [-0.1, -0.05) is 0 Å². The van der Waals surface area contributed by atoms with Crippen molar-refractivity contribution in [2.75, 3.05) is 6.61 Å². The summed E-state index contributed by atoms with van der Waals surface area (Å²) in [7, 11) is 0. The van der Waals surface area contributed by atoms with Gasteiger partial charge in [-0.15, -0.1) is 0 Å². The average Bonchev–Trinajstić information content (AvgIpc) is 2.14. The molecule has 0 aliphatic rings. The summed E-state index contributed by atoms with van der Waals surface area (Å²) >= 11 is 0. The van der Waals surface area contributed by atoms with E-state index >= 15 is 0 Å². The van der Waals surface area contributed by atoms with Gasteiger partial charge in [0, 0.05) is 12.4 Å². The molecule has 0 radical (unpaired) electrons. The third-order valence-corrected chi connectivity index (χ3v) is 1.33. The molecule has 3 heteroatoms. The Balaban J connectivity index is 2.33. The van der Waals surface area contributed by atoms with Crippen molar-refractivity contribution < 1.29 is 4.74 Å². The molecular weight excluding hydrogens is 152 g/mol. The first-order chi connectivity index (χ1) is 5.93. The van der Waals surface area contributed by atoms with Gasteiger partial charge in [-0.2, -0.15) is 0 Å². The van der Waals surface area contributed by atoms with Crippen molar-refractivity contribution in [2.24, 2.45) is 0 Å². The van der Waals surface area contributed by atoms with E-state index in [0.717, 1.165) is 12.0 Å². The van der Waals surface area contributed by atoms with Gasteiger partial charge in [0.15, 0.2) is 0 Å². The SMILES string of the molecule is CCO/C=C\Cc1cncnc1. The van der Waals surface area contributed by atoms with Crippen molar-refractivity contribution in [3.05, 3.63) is 36.6 Å². The molecule has 0 aromatic carbocycles. The Labute approximate surface area is 72.1 Å². The third-order valence-electron chi connectivity index (χ3n) is 1.33. The van der Waals surface area contributed by atoms with Crippen LogP contribution in [0, 0.1) is 0 Å². The molecule has 3 nitrogen and oxygen atoms in total. The summed E-state index contributed by atoms with van der Waals surface area (Å²) in [6, 6.07) is 0. The summed E-state index contributed by atoms with van der Waals surface area (Å²) in [6.07, 6.45) is 9.58. The molecule has 64 valence electrons. The summed E-state index contributed by atoms with van der Waals surface area (Å²) in [5.74, 6) is 0. The minimum Gasteiger partial charge on any atom is -0.502 e. The molecule has 0 bridgehead atoms. The van der Waals surface area contributed by atoms with Crippen LogP contribution >= 0.6 is 0 Å². The van der Waals surface area contributed by atoms with Crippen molar-refractivity contribution in [1.82, 2.24) is 9.97 Å². The maximum Gasteiger partial charge on any atom is 0.115 e. The third kappa shape index (κ3) is 3.14. The van der Waals surface area contributed by atoms with E-state index in [9.17, 15) is 0 Å². The molecule has 0 atom stereocenters. The van der Waals surface area contributed by atoms with Gasteiger partial charge in [0.2, 0.25) is 0 Å². The quantitative estimate of drug-likeness (QED) is 0.633. The lowest BCUT2D eigenvalue weighted by Crippen LogP contribution is -1.85. The highest BCUT2D eigenvalue weighted by Crippen LogP contribution is 1.95. The molecule has 0 saturated heterocycles. The van der Waals surface area contributed by atoms with Crippen LogP contribution in [-0.4, -0.2) is 16.6 Å². The van der Waals surface area contributed by atoms with Crippen LogP contribution in [0.15, 0.2) is 31.1 Å². The minimum absolute atomic E-state index is 0.710. The molecule has 0 amide bonds. The first-order valence-corrected chi connectivity index (χ1v) is 3.94. The van der Waals surface area contributed by atoms with Gasteiger partial charge in [-0.3, -0.25) is 0 Å². The van der Waals surface area contributed by atoms with Crippen molar-refractivity contribution in [3.8, 4) is 0 Å². The maximum atomic E-state index is 5.03. The van der Waals surface area contributed by atoms with Gasteiger partial charge in [-0.05, 0) is 25.0 Å². The van der Waals surface area contributed by atoms with E-state index in [-0.39, 0.29) is 0 Å². The zero-order valence-corrected chi connectivity index (χ0v) is 7.10. The fourth-order valence-electron chi connectivity index (χ4n) is 0.784. The van der Waals surface area contributed by atoms with E-state index in [0.29, 0.717) is 6.61 Å². The van der Waals surface area contributed by atoms with Crippen LogP contribution < -0.4 is 0 Å². The zero-order chi connectivity index (χ0) is 8.65. The maximum absolute atomic E-state index is 5.03. The molecule has 1 rings (SSSR count). The number of ether oxygens (including phenoxy) is 1. The smallest absolute Gasteiger partial charge is 0.115 e. The Morgan fingerprint density at radius 3 is 2.83 bits per heavy atom. The van der Waals surface area contributed by atoms with Gasteiger partial charge in [0.05, 0.1) is 12.9 Å². The van der Waals surface area contributed by atoms with Crippen LogP contribution in [0.3, 0.4) is 0 Å². The van der Waals surface area contributed by atoms with E-state index in [1.54, 1.807) is 18.7 Å². The number of hydrogen-bond acceptors (Lipinski definition) is 3. The highest BCUT2D eigenvalue weighted by atomic mass is 16.5. The van der Waals surface area contributed by atoms with Crippen molar-refractivity contribution in [1.29, 1.82) is 0 Å². The molecule has 0 unspecified atom stereocenters. The number of allylic oxidation sites excluding steroid dienone is 1. The van der Waals surface area contributed by atoms with Gasteiger partial charge in [-0.25, -0.2) is 9.97 Å². The molecule has 0 N–H and O–H groups in total. The summed E-state index contributed by atoms with van der Waals surface area (Å²) in [5, 5.41) is 0. The summed E-state index contributed by atoms with van der Waals surface area (Å²) in [4.78, 5) is 7.80. The number of aromatic nitrogens is 2. The standard InChI is InChI=1S/C9H12N2O/c1-2-12-5-3-4-9-6-10-8-11-7-9/h3,5-8H,2,4H2,1H3/b5-3-. The Hall–Kier alpha value is -1.38. The first kappa shape index (κ1) is 8.71. The van der Waals surface area contributed by atoms with E-state index in [4.69, 9.17) is 4.74 Å². The molecule has 0 aliphatic carbocycles. The second-order valence-corrected chi connectivity index (χ2v) is 2.28. The summed E-state index contributed by atoms with van der Waals surface area (Å²) in [6.45, 7) is 2.66. The van der Waals surface area contributed by atoms with E-state index in [1.165, 1.54) is 6.33 Å². The van der Waals surface area contributed by atoms with Crippen molar-refractivity contribution >= 4 is 0 Å². The Morgan fingerprint density at radius 2 is 2.17 bits per heavy atom. The van der Waals surface area contributed by atoms with Crippen LogP contribution in [0.5, 0.6) is 0 Å². The predicted octanol–water partition coefficient (Wildman–Crippen LogP) is 1.57. The summed E-state index contributed by atoms with van der Waals surface area (Å²) in [5.41, 5.74) is 1.09. The second-order valence-electron chi connectivity index (χ2n) is 2.28. The van der Waals surface area contributed by atoms with Crippen molar-refractivity contribution in [2.45, 2.75) is 13.3 Å². The lowest BCUT2D eigenvalue weighted by molar-refractivity contribution is 0.268. The van der Waals surface area contributed by atoms with Crippen LogP contribution in [0.25, 0.3) is 0 Å². The normalized spacial score (nSPS) is 10.4. The molecule has 0 saturated carbocycles. The van der Waals surface area contributed by atoms with Gasteiger partial charge < -0.3 is 4.74 Å². The fourth-order valence-corrected chi connectivity index (χ4v) is 0.784. The lowest BCUT2D eigenvalue weighted by atomic mass is 10.2. The molecule has 0 aliphatic heterocycles. The Kier molecular flexibility index (Phi) is 3.84. The second kappa shape index (κ2) is 5.29. The Bertz CT molecular complexity index is 234. The van der Waals surface area contributed by atoms with Crippen LogP contribution in [0.2, 0.25) is 0 Å². The average molecular weight is 164 g/mol. The van der Waals surface area contributed by atoms with Crippen LogP contribution in [-0.2, 0) is 11.2 Å². The molecular formula is C9H12N2O. The molecule has 1 aromatic heterocycles. The molecule has 12 heavy (non-hydrogen) atoms. The van der Waals surface area contributed by atoms with E-state index < -0.39 is 0 Å². The van der Waals surface area contributed by atoms with Gasteiger partial charge >= 0.3 is 0 Å². The minimum atomic E-state index is 0.710. The molecule has 1 aromatic rings. The fraction of sp³-hybridized carbons (Fsp3) is 0.333. The lowest BCUT2D eigenvalue weighted by Gasteiger charge is -1.93. The monoisotopic (exact) mass is 164 g/mol. The van der Waals surface area contributed by atoms with E-state index in [2.05, 4.69) is 9.97 Å². The Morgan fingerprint density at radius 1 is 1.42 bits per heavy atom. The largest absolute Gasteiger partial charge is 0.502 e. The molecule has 0 spiro atoms. The van der Waals surface area contributed by atoms with Gasteiger partial charge in [0.1, 0.15) is 6.33 Å². The highest BCUT2D eigenvalue weighted by Gasteiger charge is 1.86. The predicted molar refractivity (Wildman–Crippen MR) is 46.5 cm³/mol. The van der Waals surface area contributed by atoms with Crippen LogP contribution in [0.1, 0.15) is 12.5 Å². The number of nitrogens with zero attached hydrogens (tertiary/aromatic N) is 2. The number of hydrogen-bond donors (Lipinski definition) is 0. The number of rotatable bonds is 4. The zero-order valence-electron chi connectivity index (χ0n) is 7.10. The molecule has 0 fully saturated rings. The van der Waals surface area contributed by atoms with E-state index in [1.807, 2.05) is 13.0 Å². The molecule has 1 heterocycles. The van der Waals surface area contributed by atoms with Crippen molar-refractivity contribution in [3.63, 3.8) is 0 Å². The van der Waals surface area contributed by atoms with Gasteiger partial charge in [0.25, 0.3) is 0 Å². The highest BCUT2D eigenvalue weighted by molar-refractivity contribution is 5.06. The summed E-state index contributed by atoms with van der Waals surface area (Å²) < 4.78 is 5.03. The first-order valence-electron chi connectivity index (χ1n) is 3.94. The van der Waals surface area contributed by atoms with Crippen LogP contribution in [0.4, 0.5) is 0 Å². The topological polar surface area (TPSA) is 35.0 Å².